The minimum Gasteiger partial charge on any atom is -0.397 e. The molecule has 0 unspecified atom stereocenters. The molecule has 0 atom stereocenters. The predicted octanol–water partition coefficient (Wildman–Crippen LogP) is 4.88. The number of fused-ring (bicyclic) bond motifs is 1. The summed E-state index contributed by atoms with van der Waals surface area (Å²) in [5.41, 5.74) is 8.75. The zero-order valence-electron chi connectivity index (χ0n) is 9.55. The number of aromatic nitrogens is 2. The Bertz CT molecular complexity index is 763. The van der Waals surface area contributed by atoms with Gasteiger partial charge in [0.25, 0.3) is 0 Å². The number of rotatable bonds is 1. The summed E-state index contributed by atoms with van der Waals surface area (Å²) in [7, 11) is 0. The lowest BCUT2D eigenvalue weighted by Gasteiger charge is -2.02. The van der Waals surface area contributed by atoms with Crippen molar-refractivity contribution in [3.8, 4) is 11.4 Å². The Kier molecular flexibility index (Phi) is 3.17. The Morgan fingerprint density at radius 2 is 1.84 bits per heavy atom. The van der Waals surface area contributed by atoms with Gasteiger partial charge in [0, 0.05) is 4.47 Å². The predicted molar refractivity (Wildman–Crippen MR) is 83.7 cm³/mol. The van der Waals surface area contributed by atoms with Gasteiger partial charge in [-0.15, -0.1) is 0 Å². The van der Waals surface area contributed by atoms with Gasteiger partial charge in [-0.05, 0) is 24.3 Å². The molecule has 0 aliphatic heterocycles. The molecule has 0 fully saturated rings. The van der Waals surface area contributed by atoms with Crippen LogP contribution in [0.25, 0.3) is 22.4 Å². The van der Waals surface area contributed by atoms with Crippen molar-refractivity contribution in [2.24, 2.45) is 0 Å². The van der Waals surface area contributed by atoms with E-state index in [0.29, 0.717) is 32.6 Å². The van der Waals surface area contributed by atoms with Crippen LogP contribution >= 0.6 is 39.1 Å². The van der Waals surface area contributed by atoms with Gasteiger partial charge in [0.2, 0.25) is 0 Å². The van der Waals surface area contributed by atoms with Crippen LogP contribution in [-0.4, -0.2) is 9.97 Å². The smallest absolute Gasteiger partial charge is 0.141 e. The summed E-state index contributed by atoms with van der Waals surface area (Å²) in [6, 6.07) is 9.06. The average Bonchev–Trinajstić information content (AvgIpc) is 2.72. The highest BCUT2D eigenvalue weighted by Crippen LogP contribution is 2.35. The Balaban J connectivity index is 2.30. The molecule has 0 bridgehead atoms. The van der Waals surface area contributed by atoms with Crippen molar-refractivity contribution >= 4 is 55.9 Å². The van der Waals surface area contributed by atoms with E-state index in [4.69, 9.17) is 28.9 Å². The molecule has 3 N–H and O–H groups in total. The van der Waals surface area contributed by atoms with Gasteiger partial charge in [0.15, 0.2) is 0 Å². The minimum atomic E-state index is 0.546. The van der Waals surface area contributed by atoms with E-state index in [1.807, 2.05) is 6.07 Å². The van der Waals surface area contributed by atoms with Gasteiger partial charge < -0.3 is 10.7 Å². The molecule has 0 aliphatic carbocycles. The lowest BCUT2D eigenvalue weighted by atomic mass is 10.2. The fourth-order valence-corrected chi connectivity index (χ4v) is 3.00. The molecule has 0 spiro atoms. The number of benzene rings is 2. The van der Waals surface area contributed by atoms with Gasteiger partial charge >= 0.3 is 0 Å². The van der Waals surface area contributed by atoms with Crippen LogP contribution in [0.3, 0.4) is 0 Å². The van der Waals surface area contributed by atoms with Crippen LogP contribution in [0.1, 0.15) is 0 Å². The normalized spacial score (nSPS) is 11.1. The van der Waals surface area contributed by atoms with Crippen LogP contribution in [-0.2, 0) is 0 Å². The number of nitrogens with zero attached hydrogens (tertiary/aromatic N) is 1. The van der Waals surface area contributed by atoms with Crippen molar-refractivity contribution in [3.05, 3.63) is 44.8 Å². The maximum atomic E-state index is 6.18. The largest absolute Gasteiger partial charge is 0.397 e. The van der Waals surface area contributed by atoms with Crippen molar-refractivity contribution in [2.75, 3.05) is 5.73 Å². The Morgan fingerprint density at radius 1 is 1.16 bits per heavy atom. The Morgan fingerprint density at radius 3 is 2.53 bits per heavy atom. The molecule has 3 nitrogen and oxygen atoms in total. The monoisotopic (exact) mass is 355 g/mol. The van der Waals surface area contributed by atoms with Crippen molar-refractivity contribution in [2.45, 2.75) is 0 Å². The second-order valence-corrected chi connectivity index (χ2v) is 5.80. The van der Waals surface area contributed by atoms with E-state index in [1.54, 1.807) is 24.3 Å². The van der Waals surface area contributed by atoms with Crippen LogP contribution in [0.4, 0.5) is 5.69 Å². The second kappa shape index (κ2) is 4.71. The van der Waals surface area contributed by atoms with Gasteiger partial charge in [0.1, 0.15) is 11.3 Å². The topological polar surface area (TPSA) is 54.7 Å². The number of halogens is 3. The molecule has 0 aliphatic rings. The van der Waals surface area contributed by atoms with E-state index in [2.05, 4.69) is 25.9 Å². The lowest BCUT2D eigenvalue weighted by molar-refractivity contribution is 1.34. The molecule has 19 heavy (non-hydrogen) atoms. The van der Waals surface area contributed by atoms with E-state index >= 15 is 0 Å². The number of hydrogen-bond donors (Lipinski definition) is 2. The van der Waals surface area contributed by atoms with Crippen LogP contribution in [0.2, 0.25) is 10.0 Å². The van der Waals surface area contributed by atoms with Gasteiger partial charge in [-0.3, -0.25) is 0 Å². The zero-order valence-corrected chi connectivity index (χ0v) is 12.6. The summed E-state index contributed by atoms with van der Waals surface area (Å²) in [6.07, 6.45) is 0. The number of imidazole rings is 1. The molecule has 1 aromatic heterocycles. The fourth-order valence-electron chi connectivity index (χ4n) is 1.95. The fraction of sp³-hybridized carbons (Fsp3) is 0. The van der Waals surface area contributed by atoms with Gasteiger partial charge in [-0.1, -0.05) is 45.2 Å². The first-order chi connectivity index (χ1) is 9.06. The third kappa shape index (κ3) is 2.20. The summed E-state index contributed by atoms with van der Waals surface area (Å²) in [6.45, 7) is 0. The SMILES string of the molecule is Nc1cc(Br)cc2[nH]c(-c3c(Cl)cccc3Cl)nc12. The summed E-state index contributed by atoms with van der Waals surface area (Å²) < 4.78 is 0.887. The number of anilines is 1. The standard InChI is InChI=1S/C13H8BrCl2N3/c14-6-4-9(17)12-10(5-6)18-13(19-12)11-7(15)2-1-3-8(11)16/h1-5H,17H2,(H,18,19). The lowest BCUT2D eigenvalue weighted by Crippen LogP contribution is -1.86. The molecule has 0 amide bonds. The van der Waals surface area contributed by atoms with Crippen LogP contribution in [0.15, 0.2) is 34.8 Å². The molecule has 0 radical (unpaired) electrons. The third-order valence-corrected chi connectivity index (χ3v) is 3.87. The second-order valence-electron chi connectivity index (χ2n) is 4.07. The first kappa shape index (κ1) is 12.8. The summed E-state index contributed by atoms with van der Waals surface area (Å²) in [5.74, 6) is 0.607. The van der Waals surface area contributed by atoms with Crippen molar-refractivity contribution in [1.29, 1.82) is 0 Å². The summed E-state index contributed by atoms with van der Waals surface area (Å²) in [4.78, 5) is 7.66. The molecule has 1 heterocycles. The van der Waals surface area contributed by atoms with E-state index in [-0.39, 0.29) is 0 Å². The molecule has 3 aromatic rings. The number of H-pyrrole nitrogens is 1. The number of aromatic amines is 1. The van der Waals surface area contributed by atoms with E-state index in [9.17, 15) is 0 Å². The van der Waals surface area contributed by atoms with Gasteiger partial charge in [-0.25, -0.2) is 4.98 Å². The summed E-state index contributed by atoms with van der Waals surface area (Å²) in [5, 5.41) is 1.09. The average molecular weight is 357 g/mol. The van der Waals surface area contributed by atoms with Crippen LogP contribution in [0, 0.1) is 0 Å². The summed E-state index contributed by atoms with van der Waals surface area (Å²) >= 11 is 15.8. The maximum absolute atomic E-state index is 6.18. The minimum absolute atomic E-state index is 0.546. The number of nitrogens with two attached hydrogens (primary N) is 1. The maximum Gasteiger partial charge on any atom is 0.141 e. The number of nitrogen functional groups attached to an aromatic ring is 1. The van der Waals surface area contributed by atoms with E-state index < -0.39 is 0 Å². The van der Waals surface area contributed by atoms with Gasteiger partial charge in [-0.2, -0.15) is 0 Å². The Labute approximate surface area is 127 Å². The molecular formula is C13H8BrCl2N3. The van der Waals surface area contributed by atoms with Crippen LogP contribution < -0.4 is 5.73 Å². The van der Waals surface area contributed by atoms with Crippen molar-refractivity contribution in [1.82, 2.24) is 9.97 Å². The first-order valence-electron chi connectivity index (χ1n) is 5.45. The molecule has 3 rings (SSSR count). The van der Waals surface area contributed by atoms with Gasteiger partial charge in [0.05, 0.1) is 26.8 Å². The highest BCUT2D eigenvalue weighted by atomic mass is 79.9. The number of hydrogen-bond acceptors (Lipinski definition) is 2. The third-order valence-electron chi connectivity index (χ3n) is 2.78. The molecule has 2 aromatic carbocycles. The molecular weight excluding hydrogens is 349 g/mol. The number of nitrogens with one attached hydrogen (secondary N) is 1. The van der Waals surface area contributed by atoms with Crippen molar-refractivity contribution < 1.29 is 0 Å². The highest BCUT2D eigenvalue weighted by Gasteiger charge is 2.14. The highest BCUT2D eigenvalue weighted by molar-refractivity contribution is 9.10. The van der Waals surface area contributed by atoms with E-state index in [1.165, 1.54) is 0 Å². The van der Waals surface area contributed by atoms with Crippen LogP contribution in [0.5, 0.6) is 0 Å². The quantitative estimate of drug-likeness (QED) is 0.610. The Hall–Kier alpha value is -1.23. The molecule has 6 heteroatoms. The molecule has 96 valence electrons. The molecule has 0 saturated heterocycles. The first-order valence-corrected chi connectivity index (χ1v) is 7.00. The van der Waals surface area contributed by atoms with Crippen molar-refractivity contribution in [3.63, 3.8) is 0 Å². The molecule has 0 saturated carbocycles. The zero-order chi connectivity index (χ0) is 13.6. The van der Waals surface area contributed by atoms with E-state index in [0.717, 1.165) is 9.99 Å².